The van der Waals surface area contributed by atoms with Crippen LogP contribution in [0.25, 0.3) is 0 Å². The van der Waals surface area contributed by atoms with E-state index in [9.17, 15) is 14.4 Å². The number of carbonyl (C=O) groups excluding carboxylic acids is 3. The van der Waals surface area contributed by atoms with Crippen molar-refractivity contribution in [2.24, 2.45) is 5.92 Å². The Labute approximate surface area is 222 Å². The smallest absolute Gasteiger partial charge is 0.408 e. The van der Waals surface area contributed by atoms with E-state index < -0.39 is 23.8 Å². The molecule has 0 saturated heterocycles. The van der Waals surface area contributed by atoms with Crippen LogP contribution in [0, 0.1) is 12.8 Å². The van der Waals surface area contributed by atoms with Crippen molar-refractivity contribution in [2.75, 3.05) is 5.32 Å². The van der Waals surface area contributed by atoms with Crippen LogP contribution in [0.5, 0.6) is 0 Å². The minimum absolute atomic E-state index is 0.259. The van der Waals surface area contributed by atoms with Gasteiger partial charge in [0.05, 0.1) is 0 Å². The molecular formula is C30H43N3O4. The number of aryl methyl sites for hydroxylation is 1. The number of amides is 3. The Hall–Kier alpha value is -3.35. The van der Waals surface area contributed by atoms with Crippen LogP contribution < -0.4 is 10.6 Å². The molecule has 2 rings (SSSR count). The van der Waals surface area contributed by atoms with Crippen LogP contribution in [0.3, 0.4) is 0 Å². The molecule has 7 heteroatoms. The monoisotopic (exact) mass is 509 g/mol. The van der Waals surface area contributed by atoms with E-state index in [0.29, 0.717) is 23.6 Å². The Morgan fingerprint density at radius 2 is 1.49 bits per heavy atom. The van der Waals surface area contributed by atoms with E-state index in [0.717, 1.165) is 12.0 Å². The first-order chi connectivity index (χ1) is 17.3. The largest absolute Gasteiger partial charge is 0.444 e. The molecule has 0 aliphatic carbocycles. The molecule has 0 aliphatic heterocycles. The molecular weight excluding hydrogens is 466 g/mol. The third-order valence-electron chi connectivity index (χ3n) is 6.04. The summed E-state index contributed by atoms with van der Waals surface area (Å²) < 4.78 is 5.36. The zero-order chi connectivity index (χ0) is 27.8. The molecule has 0 fully saturated rings. The predicted octanol–water partition coefficient (Wildman–Crippen LogP) is 6.24. The van der Waals surface area contributed by atoms with Gasteiger partial charge in [-0.05, 0) is 77.5 Å². The minimum Gasteiger partial charge on any atom is -0.444 e. The lowest BCUT2D eigenvalue weighted by molar-refractivity contribution is -0.143. The third kappa shape index (κ3) is 9.23. The molecule has 0 heterocycles. The van der Waals surface area contributed by atoms with Crippen LogP contribution >= 0.6 is 0 Å². The van der Waals surface area contributed by atoms with Gasteiger partial charge in [-0.2, -0.15) is 0 Å². The number of hydrogen-bond donors (Lipinski definition) is 2. The first-order valence-corrected chi connectivity index (χ1v) is 13.0. The van der Waals surface area contributed by atoms with E-state index in [1.807, 2.05) is 68.4 Å². The second kappa shape index (κ2) is 13.3. The lowest BCUT2D eigenvalue weighted by Gasteiger charge is -2.38. The van der Waals surface area contributed by atoms with Gasteiger partial charge in [0, 0.05) is 11.7 Å². The summed E-state index contributed by atoms with van der Waals surface area (Å²) in [6, 6.07) is 14.8. The Balaban J connectivity index is 2.47. The van der Waals surface area contributed by atoms with Crippen molar-refractivity contribution in [3.05, 3.63) is 65.7 Å². The van der Waals surface area contributed by atoms with Crippen LogP contribution in [-0.2, 0) is 14.3 Å². The Morgan fingerprint density at radius 1 is 0.892 bits per heavy atom. The van der Waals surface area contributed by atoms with Gasteiger partial charge < -0.3 is 20.3 Å². The summed E-state index contributed by atoms with van der Waals surface area (Å²) in [4.78, 5) is 41.9. The molecule has 3 atom stereocenters. The van der Waals surface area contributed by atoms with Crippen molar-refractivity contribution < 1.29 is 19.1 Å². The average molecular weight is 510 g/mol. The molecule has 0 aliphatic rings. The highest BCUT2D eigenvalue weighted by molar-refractivity contribution is 5.99. The second-order valence-electron chi connectivity index (χ2n) is 11.1. The molecule has 37 heavy (non-hydrogen) atoms. The second-order valence-corrected chi connectivity index (χ2v) is 11.1. The molecule has 0 bridgehead atoms. The summed E-state index contributed by atoms with van der Waals surface area (Å²) in [5, 5.41) is 5.69. The molecule has 0 radical (unpaired) electrons. The molecule has 3 unspecified atom stereocenters. The van der Waals surface area contributed by atoms with Crippen molar-refractivity contribution in [1.29, 1.82) is 0 Å². The van der Waals surface area contributed by atoms with Gasteiger partial charge in [-0.3, -0.25) is 9.59 Å². The topological polar surface area (TPSA) is 87.7 Å². The van der Waals surface area contributed by atoms with Gasteiger partial charge in [0.1, 0.15) is 17.7 Å². The van der Waals surface area contributed by atoms with E-state index in [1.165, 1.54) is 0 Å². The van der Waals surface area contributed by atoms with E-state index in [2.05, 4.69) is 24.5 Å². The first-order valence-electron chi connectivity index (χ1n) is 13.0. The van der Waals surface area contributed by atoms with E-state index in [1.54, 1.807) is 32.6 Å². The molecule has 3 amide bonds. The Kier molecular flexibility index (Phi) is 10.7. The van der Waals surface area contributed by atoms with Gasteiger partial charge in [-0.1, -0.05) is 62.4 Å². The molecule has 202 valence electrons. The number of benzene rings is 2. The zero-order valence-electron chi connectivity index (χ0n) is 23.5. The maximum atomic E-state index is 13.9. The van der Waals surface area contributed by atoms with Gasteiger partial charge in [-0.15, -0.1) is 0 Å². The van der Waals surface area contributed by atoms with E-state index in [4.69, 9.17) is 4.74 Å². The quantitative estimate of drug-likeness (QED) is 0.397. The standard InChI is InChI=1S/C30H43N3O4/c1-20(2)18-19-22(4)33(28(35)23(5)31-29(36)37-30(6,7)8)26(24-15-10-9-11-16-24)27(34)32-25-17-13-12-14-21(25)3/h9-17,20,22-23,26H,18-19H2,1-8H3,(H,31,36)(H,32,34). The molecule has 0 aromatic heterocycles. The fourth-order valence-electron chi connectivity index (χ4n) is 4.07. The van der Waals surface area contributed by atoms with Gasteiger partial charge in [0.15, 0.2) is 0 Å². The third-order valence-corrected chi connectivity index (χ3v) is 6.04. The zero-order valence-corrected chi connectivity index (χ0v) is 23.5. The van der Waals surface area contributed by atoms with E-state index >= 15 is 0 Å². The van der Waals surface area contributed by atoms with Gasteiger partial charge in [0.25, 0.3) is 5.91 Å². The highest BCUT2D eigenvalue weighted by Crippen LogP contribution is 2.29. The summed E-state index contributed by atoms with van der Waals surface area (Å²) in [7, 11) is 0. The molecule has 2 aromatic carbocycles. The number of anilines is 1. The van der Waals surface area contributed by atoms with Crippen LogP contribution in [0.15, 0.2) is 54.6 Å². The highest BCUT2D eigenvalue weighted by atomic mass is 16.6. The molecule has 0 spiro atoms. The summed E-state index contributed by atoms with van der Waals surface area (Å²) in [5.74, 6) is -0.224. The van der Waals surface area contributed by atoms with Gasteiger partial charge in [0.2, 0.25) is 5.91 Å². The van der Waals surface area contributed by atoms with Crippen molar-refractivity contribution in [3.63, 3.8) is 0 Å². The Bertz CT molecular complexity index is 1050. The average Bonchev–Trinajstić information content (AvgIpc) is 2.81. The number of alkyl carbamates (subject to hydrolysis) is 1. The summed E-state index contributed by atoms with van der Waals surface area (Å²) >= 11 is 0. The molecule has 7 nitrogen and oxygen atoms in total. The van der Waals surface area contributed by atoms with Crippen molar-refractivity contribution in [1.82, 2.24) is 10.2 Å². The lowest BCUT2D eigenvalue weighted by Crippen LogP contribution is -2.54. The number of nitrogens with one attached hydrogen (secondary N) is 2. The first kappa shape index (κ1) is 29.9. The van der Waals surface area contributed by atoms with Crippen LogP contribution in [0.4, 0.5) is 10.5 Å². The highest BCUT2D eigenvalue weighted by Gasteiger charge is 2.37. The predicted molar refractivity (Wildman–Crippen MR) is 148 cm³/mol. The number of nitrogens with zero attached hydrogens (tertiary/aromatic N) is 1. The fraction of sp³-hybridized carbons (Fsp3) is 0.500. The van der Waals surface area contributed by atoms with E-state index in [-0.39, 0.29) is 17.9 Å². The SMILES string of the molecule is Cc1ccccc1NC(=O)C(c1ccccc1)N(C(=O)C(C)NC(=O)OC(C)(C)C)C(C)CCC(C)C. The van der Waals surface area contributed by atoms with Gasteiger partial charge >= 0.3 is 6.09 Å². The molecule has 2 aromatic rings. The number of ether oxygens (including phenoxy) is 1. The summed E-state index contributed by atoms with van der Waals surface area (Å²) in [5.41, 5.74) is 1.61. The van der Waals surface area contributed by atoms with Crippen LogP contribution in [0.1, 0.15) is 78.5 Å². The summed E-state index contributed by atoms with van der Waals surface area (Å²) in [6.07, 6.45) is 0.923. The maximum absolute atomic E-state index is 13.9. The molecule has 0 saturated carbocycles. The Morgan fingerprint density at radius 3 is 2.05 bits per heavy atom. The van der Waals surface area contributed by atoms with Gasteiger partial charge in [-0.25, -0.2) is 4.79 Å². The van der Waals surface area contributed by atoms with Crippen molar-refractivity contribution in [3.8, 4) is 0 Å². The van der Waals surface area contributed by atoms with Crippen molar-refractivity contribution in [2.45, 2.75) is 92.0 Å². The number of hydrogen-bond acceptors (Lipinski definition) is 4. The van der Waals surface area contributed by atoms with Crippen LogP contribution in [-0.4, -0.2) is 40.5 Å². The number of carbonyl (C=O) groups is 3. The van der Waals surface area contributed by atoms with Crippen LogP contribution in [0.2, 0.25) is 0 Å². The van der Waals surface area contributed by atoms with Crippen molar-refractivity contribution >= 4 is 23.6 Å². The molecule has 2 N–H and O–H groups in total. The number of rotatable bonds is 10. The minimum atomic E-state index is -0.895. The fourth-order valence-corrected chi connectivity index (χ4v) is 4.07. The summed E-state index contributed by atoms with van der Waals surface area (Å²) in [6.45, 7) is 15.1. The maximum Gasteiger partial charge on any atom is 0.408 e. The normalized spacial score (nSPS) is 13.9. The number of para-hydroxylation sites is 1. The lowest BCUT2D eigenvalue weighted by atomic mass is 9.97.